The van der Waals surface area contributed by atoms with Gasteiger partial charge in [0, 0.05) is 108 Å². The van der Waals surface area contributed by atoms with Crippen LogP contribution in [0.4, 0.5) is 19.4 Å². The number of rotatable bonds is 16. The second-order valence-corrected chi connectivity index (χ2v) is 19.9. The Labute approximate surface area is 449 Å². The molecular weight excluding hydrogens is 1090 g/mol. The maximum Gasteiger partial charge on any atom is 0.435 e. The van der Waals surface area contributed by atoms with Gasteiger partial charge in [0.25, 0.3) is 11.1 Å². The molecule has 0 unspecified atom stereocenters. The SMILES string of the molecule is CCOC(=O)n1nc(NCc2c(Br)ccc(OC)c2F)c2c1CN(Cc1ccc(Cn3ccccc3=O)cc1)C2.COc1ccc(Br)c(CNC2=NCC3=C2CN(Cc2ccc(Cn4ccccc4=O)cc2)C3)c1F. The number of aromatic nitrogens is 4. The second-order valence-electron chi connectivity index (χ2n) is 18.2. The molecule has 0 saturated heterocycles. The Morgan fingerprint density at radius 2 is 1.15 bits per heavy atom. The standard InChI is InChI=1S/C29H29BrFN5O4.C27H26BrFN4O2/c1-3-40-29(38)36-24-18-34(15-19-7-9-20(10-8-19)16-35-13-5-4-6-26(35)37)17-22(24)28(33-36)32-14-21-23(30)11-12-25(39-2)27(21)31;1-35-24-10-9-23(28)21(26(24)29)13-31-27-22-17-32(16-20(22)12-30-27)14-18-5-7-19(8-6-18)15-33-11-3-2-4-25(33)34/h4-13H,3,14-18H2,1-2H3,(H,32,33);2-11H,12-17H2,1H3,(H,30,31). The number of hydrogen-bond donors (Lipinski definition) is 2. The van der Waals surface area contributed by atoms with Gasteiger partial charge in [0.1, 0.15) is 5.84 Å². The van der Waals surface area contributed by atoms with E-state index in [1.807, 2.05) is 42.6 Å². The Morgan fingerprint density at radius 1 is 0.640 bits per heavy atom. The van der Waals surface area contributed by atoms with E-state index in [1.165, 1.54) is 35.6 Å². The van der Waals surface area contributed by atoms with Gasteiger partial charge in [0.2, 0.25) is 0 Å². The van der Waals surface area contributed by atoms with Gasteiger partial charge >= 0.3 is 6.09 Å². The van der Waals surface area contributed by atoms with Gasteiger partial charge < -0.3 is 34.0 Å². The summed E-state index contributed by atoms with van der Waals surface area (Å²) in [6.07, 6.45) is 3.03. The van der Waals surface area contributed by atoms with Crippen LogP contribution in [0, 0.1) is 11.6 Å². The number of amidine groups is 1. The zero-order chi connectivity index (χ0) is 52.6. The van der Waals surface area contributed by atoms with Gasteiger partial charge in [-0.3, -0.25) is 24.4 Å². The topological polar surface area (TPSA) is 149 Å². The van der Waals surface area contributed by atoms with Crippen LogP contribution < -0.4 is 31.2 Å². The first-order chi connectivity index (χ1) is 36.4. The summed E-state index contributed by atoms with van der Waals surface area (Å²) in [7, 11) is 2.89. The fraction of sp³-hybridized carbons (Fsp3) is 0.268. The minimum atomic E-state index is -0.553. The molecule has 0 atom stereocenters. The molecule has 0 bridgehead atoms. The van der Waals surface area contributed by atoms with Crippen molar-refractivity contribution in [2.45, 2.75) is 59.3 Å². The molecule has 3 aliphatic rings. The number of nitrogens with zero attached hydrogens (tertiary/aromatic N) is 7. The first kappa shape index (κ1) is 52.7. The number of pyridine rings is 2. The lowest BCUT2D eigenvalue weighted by Crippen LogP contribution is -2.29. The van der Waals surface area contributed by atoms with E-state index in [9.17, 15) is 23.2 Å². The molecule has 0 saturated carbocycles. The molecule has 3 aliphatic heterocycles. The second kappa shape index (κ2) is 24.0. The minimum Gasteiger partial charge on any atom is -0.494 e. The molecule has 2 N–H and O–H groups in total. The van der Waals surface area contributed by atoms with Crippen molar-refractivity contribution in [3.8, 4) is 11.5 Å². The Hall–Kier alpha value is -7.19. The van der Waals surface area contributed by atoms with E-state index >= 15 is 0 Å². The van der Waals surface area contributed by atoms with Crippen LogP contribution in [0.2, 0.25) is 0 Å². The van der Waals surface area contributed by atoms with Crippen molar-refractivity contribution < 1.29 is 27.8 Å². The average molecular weight is 1150 g/mol. The Morgan fingerprint density at radius 3 is 1.65 bits per heavy atom. The number of benzene rings is 4. The molecular formula is C56H55Br2F2N9O6. The number of methoxy groups -OCH3 is 2. The number of carbonyl (C=O) groups is 1. The first-order valence-electron chi connectivity index (χ1n) is 24.3. The summed E-state index contributed by atoms with van der Waals surface area (Å²) in [5.41, 5.74) is 9.47. The number of ether oxygens (including phenoxy) is 3. The molecule has 0 amide bonds. The molecule has 19 heteroatoms. The Bertz CT molecular complexity index is 3400. The van der Waals surface area contributed by atoms with Gasteiger partial charge in [0.05, 0.1) is 46.2 Å². The average Bonchev–Trinajstić information content (AvgIpc) is 4.19. The lowest BCUT2D eigenvalue weighted by atomic mass is 10.1. The summed E-state index contributed by atoms with van der Waals surface area (Å²) < 4.78 is 51.0. The van der Waals surface area contributed by atoms with E-state index in [-0.39, 0.29) is 41.6 Å². The maximum atomic E-state index is 14.9. The number of aliphatic imine (C=N–C) groups is 1. The highest BCUT2D eigenvalue weighted by atomic mass is 79.9. The molecule has 7 aromatic rings. The van der Waals surface area contributed by atoms with Crippen LogP contribution in [0.1, 0.15) is 51.6 Å². The lowest BCUT2D eigenvalue weighted by Gasteiger charge is -2.18. The normalized spacial score (nSPS) is 14.0. The van der Waals surface area contributed by atoms with Crippen molar-refractivity contribution in [3.63, 3.8) is 0 Å². The highest BCUT2D eigenvalue weighted by molar-refractivity contribution is 9.10. The van der Waals surface area contributed by atoms with Crippen molar-refractivity contribution in [1.29, 1.82) is 0 Å². The van der Waals surface area contributed by atoms with Crippen molar-refractivity contribution in [2.24, 2.45) is 4.99 Å². The molecule has 0 fully saturated rings. The van der Waals surface area contributed by atoms with E-state index in [0.29, 0.717) is 71.7 Å². The number of hydrogen-bond acceptors (Lipinski definition) is 12. The molecule has 4 aromatic carbocycles. The molecule has 0 aliphatic carbocycles. The summed E-state index contributed by atoms with van der Waals surface area (Å²) in [6.45, 7) is 8.41. The van der Waals surface area contributed by atoms with Gasteiger partial charge in [-0.25, -0.2) is 13.6 Å². The Balaban J connectivity index is 0.000000185. The molecule has 388 valence electrons. The van der Waals surface area contributed by atoms with Crippen molar-refractivity contribution in [1.82, 2.24) is 34.0 Å². The molecule has 75 heavy (non-hydrogen) atoms. The molecule has 6 heterocycles. The third kappa shape index (κ3) is 12.3. The molecule has 0 radical (unpaired) electrons. The fourth-order valence-electron chi connectivity index (χ4n) is 9.31. The van der Waals surface area contributed by atoms with Crippen LogP contribution in [0.25, 0.3) is 0 Å². The van der Waals surface area contributed by atoms with Crippen LogP contribution in [0.5, 0.6) is 11.5 Å². The van der Waals surface area contributed by atoms with Crippen molar-refractivity contribution in [2.75, 3.05) is 45.8 Å². The summed E-state index contributed by atoms with van der Waals surface area (Å²) in [4.78, 5) is 45.9. The van der Waals surface area contributed by atoms with E-state index in [1.54, 1.807) is 70.8 Å². The predicted octanol–water partition coefficient (Wildman–Crippen LogP) is 9.26. The lowest BCUT2D eigenvalue weighted by molar-refractivity contribution is 0.148. The van der Waals surface area contributed by atoms with Crippen molar-refractivity contribution >= 4 is 49.6 Å². The van der Waals surface area contributed by atoms with E-state index in [4.69, 9.17) is 14.2 Å². The monoisotopic (exact) mass is 1150 g/mol. The van der Waals surface area contributed by atoms with Gasteiger partial charge in [-0.15, -0.1) is 5.10 Å². The quantitative estimate of drug-likeness (QED) is 0.0954. The Kier molecular flexibility index (Phi) is 16.9. The fourth-order valence-corrected chi connectivity index (χ4v) is 10.2. The zero-order valence-electron chi connectivity index (χ0n) is 41.6. The minimum absolute atomic E-state index is 0.00167. The van der Waals surface area contributed by atoms with Gasteiger partial charge in [0.15, 0.2) is 29.0 Å². The summed E-state index contributed by atoms with van der Waals surface area (Å²) >= 11 is 6.85. The van der Waals surface area contributed by atoms with Crippen LogP contribution >= 0.6 is 31.9 Å². The smallest absolute Gasteiger partial charge is 0.435 e. The molecule has 15 nitrogen and oxygen atoms in total. The highest BCUT2D eigenvalue weighted by Gasteiger charge is 2.32. The molecule has 3 aromatic heterocycles. The van der Waals surface area contributed by atoms with Crippen LogP contribution in [0.3, 0.4) is 0 Å². The maximum absolute atomic E-state index is 14.9. The van der Waals surface area contributed by atoms with Gasteiger partial charge in [-0.1, -0.05) is 92.5 Å². The summed E-state index contributed by atoms with van der Waals surface area (Å²) in [6, 6.07) is 33.6. The number of nitrogens with one attached hydrogen (secondary N) is 2. The number of fused-ring (bicyclic) bond motifs is 1. The van der Waals surface area contributed by atoms with Crippen LogP contribution in [-0.2, 0) is 57.1 Å². The van der Waals surface area contributed by atoms with Gasteiger partial charge in [-0.05, 0) is 71.1 Å². The van der Waals surface area contributed by atoms with E-state index in [2.05, 4.69) is 86.6 Å². The number of anilines is 1. The predicted molar refractivity (Wildman–Crippen MR) is 290 cm³/mol. The largest absolute Gasteiger partial charge is 0.494 e. The van der Waals surface area contributed by atoms with E-state index < -0.39 is 11.9 Å². The number of carbonyl (C=O) groups excluding carboxylic acids is 1. The van der Waals surface area contributed by atoms with Crippen LogP contribution in [-0.4, -0.2) is 81.1 Å². The molecule has 0 spiro atoms. The third-order valence-corrected chi connectivity index (χ3v) is 14.7. The zero-order valence-corrected chi connectivity index (χ0v) is 44.8. The highest BCUT2D eigenvalue weighted by Crippen LogP contribution is 2.34. The molecule has 10 rings (SSSR count). The van der Waals surface area contributed by atoms with Crippen molar-refractivity contribution in [3.05, 3.63) is 219 Å². The van der Waals surface area contributed by atoms with Gasteiger partial charge in [-0.2, -0.15) is 4.68 Å². The summed E-state index contributed by atoms with van der Waals surface area (Å²) in [5.74, 6) is 0.898. The number of halogens is 4. The van der Waals surface area contributed by atoms with Crippen LogP contribution in [0.15, 0.2) is 156 Å². The van der Waals surface area contributed by atoms with E-state index in [0.717, 1.165) is 53.4 Å². The third-order valence-electron chi connectivity index (χ3n) is 13.2. The summed E-state index contributed by atoms with van der Waals surface area (Å²) in [5, 5.41) is 11.0. The first-order valence-corrected chi connectivity index (χ1v) is 25.9.